The van der Waals surface area contributed by atoms with Crippen molar-refractivity contribution in [2.75, 3.05) is 16.8 Å². The molecular formula is C13H18N2OS. The molecule has 1 rings (SSSR count). The average molecular weight is 250 g/mol. The second-order valence-electron chi connectivity index (χ2n) is 3.77. The van der Waals surface area contributed by atoms with Gasteiger partial charge in [-0.15, -0.1) is 18.3 Å². The average Bonchev–Trinajstić information content (AvgIpc) is 2.31. The summed E-state index contributed by atoms with van der Waals surface area (Å²) in [6.07, 6.45) is 1.79. The fourth-order valence-corrected chi connectivity index (χ4v) is 1.95. The van der Waals surface area contributed by atoms with Gasteiger partial charge in [0, 0.05) is 17.1 Å². The summed E-state index contributed by atoms with van der Waals surface area (Å²) in [6, 6.07) is 5.51. The third-order valence-electron chi connectivity index (χ3n) is 2.47. The molecule has 0 spiro atoms. The number of hydrogen-bond acceptors (Lipinski definition) is 3. The Balaban J connectivity index is 2.67. The van der Waals surface area contributed by atoms with Crippen LogP contribution in [-0.4, -0.2) is 16.9 Å². The minimum absolute atomic E-state index is 0.00875. The molecule has 92 valence electrons. The second kappa shape index (κ2) is 6.35. The Morgan fingerprint density at radius 1 is 1.65 bits per heavy atom. The largest absolute Gasteiger partial charge is 0.398 e. The van der Waals surface area contributed by atoms with Crippen molar-refractivity contribution in [2.45, 2.75) is 19.1 Å². The lowest BCUT2D eigenvalue weighted by Crippen LogP contribution is -2.23. The fraction of sp³-hybridized carbons (Fsp3) is 0.308. The maximum Gasteiger partial charge on any atom is 0.237 e. The van der Waals surface area contributed by atoms with E-state index in [0.717, 1.165) is 17.0 Å². The summed E-state index contributed by atoms with van der Waals surface area (Å²) in [5.74, 6) is 0.760. The minimum Gasteiger partial charge on any atom is -0.398 e. The van der Waals surface area contributed by atoms with Crippen LogP contribution in [0.25, 0.3) is 0 Å². The van der Waals surface area contributed by atoms with E-state index in [2.05, 4.69) is 11.9 Å². The van der Waals surface area contributed by atoms with Crippen LogP contribution in [-0.2, 0) is 4.79 Å². The number of thioether (sulfide) groups is 1. The third-order valence-corrected chi connectivity index (χ3v) is 3.61. The molecule has 0 aliphatic heterocycles. The predicted octanol–water partition coefficient (Wildman–Crippen LogP) is 2.82. The molecule has 1 amide bonds. The number of carbonyl (C=O) groups is 1. The number of nitrogens with two attached hydrogens (primary N) is 1. The molecule has 0 saturated heterocycles. The minimum atomic E-state index is -0.103. The van der Waals surface area contributed by atoms with Crippen molar-refractivity contribution in [1.29, 1.82) is 0 Å². The van der Waals surface area contributed by atoms with Crippen LogP contribution in [0.5, 0.6) is 0 Å². The van der Waals surface area contributed by atoms with E-state index in [1.165, 1.54) is 0 Å². The molecule has 3 nitrogen and oxygen atoms in total. The molecule has 0 aliphatic carbocycles. The Labute approximate surface area is 106 Å². The van der Waals surface area contributed by atoms with Gasteiger partial charge in [-0.25, -0.2) is 0 Å². The summed E-state index contributed by atoms with van der Waals surface area (Å²) in [6.45, 7) is 7.41. The number of rotatable bonds is 5. The maximum atomic E-state index is 11.9. The van der Waals surface area contributed by atoms with Gasteiger partial charge in [0.25, 0.3) is 0 Å². The Bertz CT molecular complexity index is 418. The second-order valence-corrected chi connectivity index (χ2v) is 5.15. The summed E-state index contributed by atoms with van der Waals surface area (Å²) in [5.41, 5.74) is 8.16. The van der Waals surface area contributed by atoms with Gasteiger partial charge in [0.1, 0.15) is 0 Å². The van der Waals surface area contributed by atoms with Crippen LogP contribution < -0.4 is 11.1 Å². The number of carbonyl (C=O) groups excluding carboxylic acids is 1. The molecule has 1 unspecified atom stereocenters. The molecule has 0 aliphatic rings. The van der Waals surface area contributed by atoms with Gasteiger partial charge in [0.15, 0.2) is 0 Å². The highest BCUT2D eigenvalue weighted by atomic mass is 32.2. The van der Waals surface area contributed by atoms with E-state index in [0.29, 0.717) is 5.69 Å². The van der Waals surface area contributed by atoms with Gasteiger partial charge in [-0.2, -0.15) is 0 Å². The normalized spacial score (nSPS) is 11.9. The number of amides is 1. The van der Waals surface area contributed by atoms with E-state index >= 15 is 0 Å². The first-order valence-corrected chi connectivity index (χ1v) is 6.49. The summed E-state index contributed by atoms with van der Waals surface area (Å²) >= 11 is 1.55. The lowest BCUT2D eigenvalue weighted by atomic mass is 10.1. The van der Waals surface area contributed by atoms with Crippen molar-refractivity contribution >= 4 is 29.0 Å². The number of nitrogens with one attached hydrogen (secondary N) is 1. The lowest BCUT2D eigenvalue weighted by molar-refractivity contribution is -0.115. The van der Waals surface area contributed by atoms with Crippen molar-refractivity contribution in [3.8, 4) is 0 Å². The quantitative estimate of drug-likeness (QED) is 0.624. The van der Waals surface area contributed by atoms with Gasteiger partial charge in [-0.1, -0.05) is 12.1 Å². The predicted molar refractivity (Wildman–Crippen MR) is 76.3 cm³/mol. The summed E-state index contributed by atoms with van der Waals surface area (Å²) < 4.78 is 0. The van der Waals surface area contributed by atoms with E-state index in [1.54, 1.807) is 17.8 Å². The summed E-state index contributed by atoms with van der Waals surface area (Å²) in [4.78, 5) is 11.9. The first kappa shape index (κ1) is 13.6. The van der Waals surface area contributed by atoms with Crippen LogP contribution in [0, 0.1) is 6.92 Å². The molecule has 0 heterocycles. The highest BCUT2D eigenvalue weighted by molar-refractivity contribution is 8.00. The molecule has 1 aromatic rings. The van der Waals surface area contributed by atoms with E-state index in [4.69, 9.17) is 5.73 Å². The lowest BCUT2D eigenvalue weighted by Gasteiger charge is -2.13. The Morgan fingerprint density at radius 3 is 3.00 bits per heavy atom. The van der Waals surface area contributed by atoms with Gasteiger partial charge in [-0.05, 0) is 31.5 Å². The molecule has 1 atom stereocenters. The van der Waals surface area contributed by atoms with Crippen LogP contribution in [0.3, 0.4) is 0 Å². The van der Waals surface area contributed by atoms with Crippen LogP contribution in [0.15, 0.2) is 30.9 Å². The fourth-order valence-electron chi connectivity index (χ4n) is 1.31. The van der Waals surface area contributed by atoms with Gasteiger partial charge >= 0.3 is 0 Å². The third kappa shape index (κ3) is 3.82. The number of anilines is 2. The zero-order valence-electron chi connectivity index (χ0n) is 10.2. The number of benzene rings is 1. The van der Waals surface area contributed by atoms with Crippen LogP contribution in [0.1, 0.15) is 12.5 Å². The molecule has 0 bridgehead atoms. The molecule has 3 N–H and O–H groups in total. The van der Waals surface area contributed by atoms with Crippen molar-refractivity contribution in [3.63, 3.8) is 0 Å². The van der Waals surface area contributed by atoms with Crippen molar-refractivity contribution < 1.29 is 4.79 Å². The number of nitrogen functional groups attached to an aromatic ring is 1. The van der Waals surface area contributed by atoms with Gasteiger partial charge in [0.2, 0.25) is 5.91 Å². The first-order valence-electron chi connectivity index (χ1n) is 5.44. The molecule has 0 fully saturated rings. The first-order chi connectivity index (χ1) is 8.06. The maximum absolute atomic E-state index is 11.9. The Hall–Kier alpha value is -1.42. The zero-order chi connectivity index (χ0) is 12.8. The number of hydrogen-bond donors (Lipinski definition) is 2. The topological polar surface area (TPSA) is 55.1 Å². The van der Waals surface area contributed by atoms with E-state index in [-0.39, 0.29) is 11.2 Å². The molecular weight excluding hydrogens is 232 g/mol. The Kier molecular flexibility index (Phi) is 5.10. The van der Waals surface area contributed by atoms with Crippen LogP contribution in [0.4, 0.5) is 11.4 Å². The highest BCUT2D eigenvalue weighted by Crippen LogP contribution is 2.21. The Morgan fingerprint density at radius 2 is 2.35 bits per heavy atom. The standard InChI is InChI=1S/C13H18N2OS/c1-4-8-17-10(3)13(16)15-12-7-5-6-11(14)9(12)2/h4-7,10H,1,8,14H2,2-3H3,(H,15,16). The van der Waals surface area contributed by atoms with Crippen molar-refractivity contribution in [3.05, 3.63) is 36.4 Å². The highest BCUT2D eigenvalue weighted by Gasteiger charge is 2.13. The SMILES string of the molecule is C=CCSC(C)C(=O)Nc1cccc(N)c1C. The van der Waals surface area contributed by atoms with E-state index in [1.807, 2.05) is 32.0 Å². The molecule has 1 aromatic carbocycles. The molecule has 17 heavy (non-hydrogen) atoms. The van der Waals surface area contributed by atoms with Gasteiger partial charge in [-0.3, -0.25) is 4.79 Å². The summed E-state index contributed by atoms with van der Waals surface area (Å²) in [5, 5.41) is 2.78. The molecule has 4 heteroatoms. The van der Waals surface area contributed by atoms with E-state index < -0.39 is 0 Å². The molecule has 0 saturated carbocycles. The van der Waals surface area contributed by atoms with Crippen molar-refractivity contribution in [2.24, 2.45) is 0 Å². The summed E-state index contributed by atoms with van der Waals surface area (Å²) in [7, 11) is 0. The van der Waals surface area contributed by atoms with Crippen molar-refractivity contribution in [1.82, 2.24) is 0 Å². The smallest absolute Gasteiger partial charge is 0.237 e. The van der Waals surface area contributed by atoms with Crippen LogP contribution in [0.2, 0.25) is 0 Å². The van der Waals surface area contributed by atoms with E-state index in [9.17, 15) is 4.79 Å². The van der Waals surface area contributed by atoms with Gasteiger partial charge in [0.05, 0.1) is 5.25 Å². The van der Waals surface area contributed by atoms with Crippen LogP contribution >= 0.6 is 11.8 Å². The molecule has 0 radical (unpaired) electrons. The van der Waals surface area contributed by atoms with Gasteiger partial charge < -0.3 is 11.1 Å². The zero-order valence-corrected chi connectivity index (χ0v) is 11.0. The monoisotopic (exact) mass is 250 g/mol. The molecule has 0 aromatic heterocycles.